The molecule has 0 amide bonds. The van der Waals surface area contributed by atoms with Crippen molar-refractivity contribution in [3.63, 3.8) is 0 Å². The van der Waals surface area contributed by atoms with Crippen LogP contribution in [0.25, 0.3) is 55.4 Å². The van der Waals surface area contributed by atoms with Crippen LogP contribution in [-0.2, 0) is 7.05 Å². The van der Waals surface area contributed by atoms with Gasteiger partial charge in [-0.05, 0) is 61.6 Å². The van der Waals surface area contributed by atoms with Crippen LogP contribution < -0.4 is 4.57 Å². The van der Waals surface area contributed by atoms with Crippen molar-refractivity contribution in [3.05, 3.63) is 113 Å². The van der Waals surface area contributed by atoms with E-state index in [0.29, 0.717) is 11.1 Å². The normalized spacial score (nSPS) is 11.3. The van der Waals surface area contributed by atoms with E-state index in [9.17, 15) is 5.26 Å². The molecule has 0 atom stereocenters. The van der Waals surface area contributed by atoms with Gasteiger partial charge in [-0.2, -0.15) is 5.26 Å². The molecule has 184 valence electrons. The summed E-state index contributed by atoms with van der Waals surface area (Å²) in [6.07, 6.45) is 2.16. The second-order valence-electron chi connectivity index (χ2n) is 10.3. The molecule has 0 bridgehead atoms. The summed E-state index contributed by atoms with van der Waals surface area (Å²) >= 11 is 0. The Morgan fingerprint density at radius 2 is 1.26 bits per heavy atom. The van der Waals surface area contributed by atoms with Gasteiger partial charge in [0.15, 0.2) is 11.8 Å². The fraction of sp³-hybridized carbons (Fsp3) is 0.143. The van der Waals surface area contributed by atoms with Gasteiger partial charge in [-0.25, -0.2) is 4.57 Å². The third-order valence-electron chi connectivity index (χ3n) is 7.71. The van der Waals surface area contributed by atoms with Gasteiger partial charge in [-0.15, -0.1) is 0 Å². The molecule has 6 aromatic rings. The second-order valence-corrected chi connectivity index (χ2v) is 10.3. The molecule has 0 unspecified atom stereocenters. The van der Waals surface area contributed by atoms with Gasteiger partial charge in [0.2, 0.25) is 5.69 Å². The molecule has 0 aliphatic heterocycles. The van der Waals surface area contributed by atoms with Crippen LogP contribution in [-0.4, -0.2) is 0 Å². The molecule has 6 rings (SSSR count). The first kappa shape index (κ1) is 23.7. The number of fused-ring (bicyclic) bond motifs is 3. The molecule has 0 aliphatic carbocycles. The van der Waals surface area contributed by atoms with Crippen molar-refractivity contribution in [2.75, 3.05) is 0 Å². The molecule has 3 heteroatoms. The highest BCUT2D eigenvalue weighted by molar-refractivity contribution is 6.12. The fourth-order valence-corrected chi connectivity index (χ4v) is 5.39. The maximum absolute atomic E-state index is 10.3. The van der Waals surface area contributed by atoms with Gasteiger partial charge in [0.25, 0.3) is 0 Å². The van der Waals surface area contributed by atoms with Crippen molar-refractivity contribution in [1.82, 2.24) is 0 Å². The van der Waals surface area contributed by atoms with Crippen molar-refractivity contribution in [1.29, 1.82) is 5.26 Å². The lowest BCUT2D eigenvalue weighted by molar-refractivity contribution is -0.660. The quantitative estimate of drug-likeness (QED) is 0.232. The first-order chi connectivity index (χ1) is 18.4. The number of rotatable bonds is 3. The summed E-state index contributed by atoms with van der Waals surface area (Å²) in [6.45, 7) is 8.47. The number of nitrogens with zero attached hydrogens (tertiary/aromatic N) is 2. The summed E-state index contributed by atoms with van der Waals surface area (Å²) in [7, 11) is 2.07. The molecule has 0 saturated heterocycles. The Balaban J connectivity index is 1.53. The minimum Gasteiger partial charge on any atom is -0.454 e. The highest BCUT2D eigenvalue weighted by Gasteiger charge is 2.23. The van der Waals surface area contributed by atoms with Gasteiger partial charge in [0.05, 0.1) is 5.56 Å². The highest BCUT2D eigenvalue weighted by atomic mass is 16.3. The van der Waals surface area contributed by atoms with E-state index in [2.05, 4.69) is 124 Å². The number of benzene rings is 4. The van der Waals surface area contributed by atoms with Gasteiger partial charge in [0.1, 0.15) is 24.3 Å². The summed E-state index contributed by atoms with van der Waals surface area (Å²) in [5.74, 6) is 0. The third kappa shape index (κ3) is 3.78. The summed E-state index contributed by atoms with van der Waals surface area (Å²) in [4.78, 5) is 0. The maximum atomic E-state index is 10.3. The lowest BCUT2D eigenvalue weighted by Crippen LogP contribution is -2.31. The molecule has 0 fully saturated rings. The van der Waals surface area contributed by atoms with Crippen LogP contribution in [0.4, 0.5) is 0 Å². The predicted molar refractivity (Wildman–Crippen MR) is 155 cm³/mol. The number of aryl methyl sites for hydroxylation is 5. The lowest BCUT2D eigenvalue weighted by Gasteiger charge is -2.07. The number of pyridine rings is 1. The zero-order valence-corrected chi connectivity index (χ0v) is 22.4. The number of hydrogen-bond donors (Lipinski definition) is 0. The van der Waals surface area contributed by atoms with Gasteiger partial charge in [-0.3, -0.25) is 0 Å². The van der Waals surface area contributed by atoms with Gasteiger partial charge in [-0.1, -0.05) is 72.3 Å². The Bertz CT molecular complexity index is 1900. The van der Waals surface area contributed by atoms with Gasteiger partial charge >= 0.3 is 0 Å². The van der Waals surface area contributed by atoms with Gasteiger partial charge in [0, 0.05) is 28.0 Å². The largest absolute Gasteiger partial charge is 0.454 e. The first-order valence-electron chi connectivity index (χ1n) is 12.9. The van der Waals surface area contributed by atoms with E-state index in [0.717, 1.165) is 49.9 Å². The number of hydrogen-bond acceptors (Lipinski definition) is 2. The molecule has 0 saturated carbocycles. The van der Waals surface area contributed by atoms with Crippen LogP contribution in [0.1, 0.15) is 27.8 Å². The minimum absolute atomic E-state index is 0.565. The number of furan rings is 1. The maximum Gasteiger partial charge on any atom is 0.216 e. The van der Waals surface area contributed by atoms with Crippen molar-refractivity contribution < 1.29 is 8.98 Å². The highest BCUT2D eigenvalue weighted by Crippen LogP contribution is 2.40. The summed E-state index contributed by atoms with van der Waals surface area (Å²) in [6, 6.07) is 30.0. The van der Waals surface area contributed by atoms with E-state index in [1.807, 2.05) is 6.07 Å². The third-order valence-corrected chi connectivity index (χ3v) is 7.71. The molecule has 2 heterocycles. The van der Waals surface area contributed by atoms with Crippen LogP contribution in [0.2, 0.25) is 0 Å². The Labute approximate surface area is 223 Å². The topological polar surface area (TPSA) is 40.8 Å². The Hall–Kier alpha value is -4.68. The molecule has 3 nitrogen and oxygen atoms in total. The van der Waals surface area contributed by atoms with Crippen LogP contribution in [0.15, 0.2) is 89.5 Å². The van der Waals surface area contributed by atoms with Crippen LogP contribution >= 0.6 is 0 Å². The van der Waals surface area contributed by atoms with Crippen molar-refractivity contribution in [2.24, 2.45) is 7.05 Å². The van der Waals surface area contributed by atoms with Crippen molar-refractivity contribution in [3.8, 4) is 39.6 Å². The monoisotopic (exact) mass is 493 g/mol. The standard InChI is InChI=1S/C35H29N2O/c1-21-6-9-25(10-7-21)26-11-13-27(14-12-26)28-16-17-29-30-15-8-22(2)33(35(30)38-34(29)31(28)19-36)32-18-23(3)24(4)20-37(32)5/h6-18,20H,1-5H3/q+1. The van der Waals surface area contributed by atoms with Crippen LogP contribution in [0, 0.1) is 39.0 Å². The minimum atomic E-state index is 0.565. The molecule has 0 radical (unpaired) electrons. The molecule has 2 aromatic heterocycles. The van der Waals surface area contributed by atoms with Gasteiger partial charge < -0.3 is 4.42 Å². The molecular formula is C35H29N2O+. The van der Waals surface area contributed by atoms with Crippen LogP contribution in [0.5, 0.6) is 0 Å². The van der Waals surface area contributed by atoms with E-state index in [1.54, 1.807) is 0 Å². The van der Waals surface area contributed by atoms with E-state index in [1.165, 1.54) is 22.3 Å². The number of nitriles is 1. The van der Waals surface area contributed by atoms with Crippen molar-refractivity contribution >= 4 is 21.9 Å². The second kappa shape index (κ2) is 9.01. The number of aromatic nitrogens is 1. The Morgan fingerprint density at radius 1 is 0.658 bits per heavy atom. The SMILES string of the molecule is Cc1ccc(-c2ccc(-c3ccc4c(oc5c(-c6cc(C)c(C)c[n+]6C)c(C)ccc54)c3C#N)cc2)cc1. The van der Waals surface area contributed by atoms with Crippen LogP contribution in [0.3, 0.4) is 0 Å². The van der Waals surface area contributed by atoms with E-state index in [-0.39, 0.29) is 0 Å². The Kier molecular flexibility index (Phi) is 5.62. The smallest absolute Gasteiger partial charge is 0.216 e. The molecular weight excluding hydrogens is 464 g/mol. The molecule has 0 aliphatic rings. The summed E-state index contributed by atoms with van der Waals surface area (Å²) < 4.78 is 8.75. The molecule has 4 aromatic carbocycles. The zero-order valence-electron chi connectivity index (χ0n) is 22.4. The average Bonchev–Trinajstić information content (AvgIpc) is 3.30. The molecule has 0 N–H and O–H groups in total. The summed E-state index contributed by atoms with van der Waals surface area (Å²) in [5.41, 5.74) is 13.3. The zero-order chi connectivity index (χ0) is 26.6. The lowest BCUT2D eigenvalue weighted by atomic mass is 9.95. The van der Waals surface area contributed by atoms with E-state index in [4.69, 9.17) is 4.42 Å². The average molecular weight is 494 g/mol. The Morgan fingerprint density at radius 3 is 1.95 bits per heavy atom. The first-order valence-corrected chi connectivity index (χ1v) is 12.9. The molecule has 0 spiro atoms. The summed E-state index contributed by atoms with van der Waals surface area (Å²) in [5, 5.41) is 12.3. The predicted octanol–water partition coefficient (Wildman–Crippen LogP) is 8.52. The van der Waals surface area contributed by atoms with E-state index < -0.39 is 0 Å². The fourth-order valence-electron chi connectivity index (χ4n) is 5.39. The van der Waals surface area contributed by atoms with E-state index >= 15 is 0 Å². The van der Waals surface area contributed by atoms with Crippen molar-refractivity contribution in [2.45, 2.75) is 27.7 Å². The molecule has 38 heavy (non-hydrogen) atoms.